The summed E-state index contributed by atoms with van der Waals surface area (Å²) in [6, 6.07) is 0. The standard InChI is InChI=1S/C16H29N3O2S.HI/c1-13(2)9-17-16(19-7-4-5-14(3)11-19)18-10-15-6-8-22(20,21)12-15;/h14-15H,1,4-12H2,2-3H3,(H,17,18);1H. The Morgan fingerprint density at radius 3 is 2.70 bits per heavy atom. The second kappa shape index (κ2) is 9.25. The molecule has 2 unspecified atom stereocenters. The highest BCUT2D eigenvalue weighted by atomic mass is 127. The van der Waals surface area contributed by atoms with Crippen molar-refractivity contribution in [3.05, 3.63) is 12.2 Å². The summed E-state index contributed by atoms with van der Waals surface area (Å²) < 4.78 is 23.1. The first-order valence-electron chi connectivity index (χ1n) is 8.24. The number of nitrogens with one attached hydrogen (secondary N) is 1. The number of sulfone groups is 1. The number of guanidine groups is 1. The van der Waals surface area contributed by atoms with Crippen LogP contribution >= 0.6 is 24.0 Å². The summed E-state index contributed by atoms with van der Waals surface area (Å²) in [6.45, 7) is 11.5. The van der Waals surface area contributed by atoms with Crippen LogP contribution in [-0.2, 0) is 9.84 Å². The largest absolute Gasteiger partial charge is 0.356 e. The molecule has 2 atom stereocenters. The van der Waals surface area contributed by atoms with Crippen LogP contribution in [0.2, 0.25) is 0 Å². The highest BCUT2D eigenvalue weighted by Gasteiger charge is 2.28. The van der Waals surface area contributed by atoms with Gasteiger partial charge in [-0.3, -0.25) is 0 Å². The molecule has 2 saturated heterocycles. The van der Waals surface area contributed by atoms with Gasteiger partial charge in [0.25, 0.3) is 0 Å². The fourth-order valence-electron chi connectivity index (χ4n) is 3.13. The maximum absolute atomic E-state index is 11.6. The summed E-state index contributed by atoms with van der Waals surface area (Å²) in [6.07, 6.45) is 3.22. The van der Waals surface area contributed by atoms with Gasteiger partial charge in [0.2, 0.25) is 0 Å². The molecule has 0 aromatic heterocycles. The zero-order valence-corrected chi connectivity index (χ0v) is 17.4. The molecule has 2 aliphatic heterocycles. The van der Waals surface area contributed by atoms with E-state index in [1.165, 1.54) is 12.8 Å². The van der Waals surface area contributed by atoms with E-state index in [0.29, 0.717) is 30.5 Å². The summed E-state index contributed by atoms with van der Waals surface area (Å²) in [5.41, 5.74) is 1.04. The van der Waals surface area contributed by atoms with Crippen LogP contribution in [0.25, 0.3) is 0 Å². The van der Waals surface area contributed by atoms with Crippen molar-refractivity contribution in [2.24, 2.45) is 16.8 Å². The van der Waals surface area contributed by atoms with E-state index < -0.39 is 9.84 Å². The molecule has 0 aromatic carbocycles. The van der Waals surface area contributed by atoms with Crippen molar-refractivity contribution < 1.29 is 8.42 Å². The minimum atomic E-state index is -2.81. The summed E-state index contributed by atoms with van der Waals surface area (Å²) in [5, 5.41) is 3.42. The Morgan fingerprint density at radius 1 is 1.39 bits per heavy atom. The fraction of sp³-hybridized carbons (Fsp3) is 0.812. The van der Waals surface area contributed by atoms with Gasteiger partial charge in [0.15, 0.2) is 15.8 Å². The van der Waals surface area contributed by atoms with Crippen LogP contribution in [0.15, 0.2) is 17.1 Å². The molecule has 0 amide bonds. The lowest BCUT2D eigenvalue weighted by molar-refractivity contribution is 0.265. The molecule has 2 rings (SSSR count). The third-order valence-electron chi connectivity index (χ3n) is 4.33. The highest BCUT2D eigenvalue weighted by Crippen LogP contribution is 2.18. The van der Waals surface area contributed by atoms with Crippen LogP contribution in [0.3, 0.4) is 0 Å². The van der Waals surface area contributed by atoms with Crippen LogP contribution in [-0.4, -0.2) is 57.0 Å². The van der Waals surface area contributed by atoms with E-state index in [1.54, 1.807) is 0 Å². The second-order valence-electron chi connectivity index (χ2n) is 6.94. The van der Waals surface area contributed by atoms with Gasteiger partial charge in [-0.15, -0.1) is 24.0 Å². The van der Waals surface area contributed by atoms with Crippen LogP contribution < -0.4 is 5.32 Å². The summed E-state index contributed by atoms with van der Waals surface area (Å²) in [5.74, 6) is 2.45. The predicted octanol–water partition coefficient (Wildman–Crippen LogP) is 2.29. The van der Waals surface area contributed by atoms with E-state index in [1.807, 2.05) is 6.92 Å². The highest BCUT2D eigenvalue weighted by molar-refractivity contribution is 14.0. The summed E-state index contributed by atoms with van der Waals surface area (Å²) in [7, 11) is -2.81. The number of aliphatic imine (C=N–C) groups is 1. The van der Waals surface area contributed by atoms with Gasteiger partial charge in [-0.1, -0.05) is 19.1 Å². The number of hydrogen-bond donors (Lipinski definition) is 1. The van der Waals surface area contributed by atoms with Crippen molar-refractivity contribution in [2.45, 2.75) is 33.1 Å². The van der Waals surface area contributed by atoms with Crippen LogP contribution in [0, 0.1) is 11.8 Å². The van der Waals surface area contributed by atoms with Gasteiger partial charge in [0, 0.05) is 19.6 Å². The molecule has 134 valence electrons. The van der Waals surface area contributed by atoms with Crippen molar-refractivity contribution in [1.29, 1.82) is 0 Å². The quantitative estimate of drug-likeness (QED) is 0.306. The zero-order chi connectivity index (χ0) is 16.2. The molecule has 0 saturated carbocycles. The lowest BCUT2D eigenvalue weighted by Gasteiger charge is -2.34. The summed E-state index contributed by atoms with van der Waals surface area (Å²) >= 11 is 0. The molecule has 23 heavy (non-hydrogen) atoms. The first-order chi connectivity index (χ1) is 10.4. The lowest BCUT2D eigenvalue weighted by Crippen LogP contribution is -2.47. The van der Waals surface area contributed by atoms with Gasteiger partial charge in [-0.2, -0.15) is 0 Å². The smallest absolute Gasteiger partial charge is 0.194 e. The van der Waals surface area contributed by atoms with Crippen molar-refractivity contribution in [3.8, 4) is 0 Å². The molecular weight excluding hydrogens is 425 g/mol. The van der Waals surface area contributed by atoms with E-state index in [2.05, 4.69) is 28.7 Å². The topological polar surface area (TPSA) is 61.8 Å². The predicted molar refractivity (Wildman–Crippen MR) is 107 cm³/mol. The molecule has 0 radical (unpaired) electrons. The minimum Gasteiger partial charge on any atom is -0.356 e. The number of nitrogens with zero attached hydrogens (tertiary/aromatic N) is 2. The number of rotatable bonds is 4. The third kappa shape index (κ3) is 6.99. The Hall–Kier alpha value is -0.310. The maximum atomic E-state index is 11.6. The number of piperidine rings is 1. The Bertz CT molecular complexity index is 533. The minimum absolute atomic E-state index is 0. The normalized spacial score (nSPS) is 27.4. The van der Waals surface area contributed by atoms with Crippen LogP contribution in [0.5, 0.6) is 0 Å². The first kappa shape index (κ1) is 20.7. The Balaban J connectivity index is 0.00000264. The monoisotopic (exact) mass is 455 g/mol. The third-order valence-corrected chi connectivity index (χ3v) is 6.17. The molecular formula is C16H30IN3O2S. The van der Waals surface area contributed by atoms with Crippen molar-refractivity contribution in [1.82, 2.24) is 10.2 Å². The van der Waals surface area contributed by atoms with Gasteiger partial charge in [-0.05, 0) is 38.0 Å². The van der Waals surface area contributed by atoms with Crippen molar-refractivity contribution >= 4 is 39.8 Å². The molecule has 0 aromatic rings. The van der Waals surface area contributed by atoms with Crippen molar-refractivity contribution in [2.75, 3.05) is 37.7 Å². The molecule has 2 heterocycles. The van der Waals surface area contributed by atoms with Gasteiger partial charge >= 0.3 is 0 Å². The molecule has 0 spiro atoms. The Morgan fingerprint density at radius 2 is 2.13 bits per heavy atom. The number of likely N-dealkylation sites (tertiary alicyclic amines) is 1. The molecule has 2 aliphatic rings. The molecule has 1 N–H and O–H groups in total. The Kier molecular flexibility index (Phi) is 8.33. The molecule has 0 bridgehead atoms. The number of hydrogen-bond acceptors (Lipinski definition) is 3. The van der Waals surface area contributed by atoms with E-state index in [9.17, 15) is 8.42 Å². The SMILES string of the molecule is C=C(C)CN=C(NCC1CCS(=O)(=O)C1)N1CCCC(C)C1.I. The maximum Gasteiger partial charge on any atom is 0.194 e. The average Bonchev–Trinajstić information content (AvgIpc) is 2.78. The van der Waals surface area contributed by atoms with Crippen LogP contribution in [0.4, 0.5) is 0 Å². The Labute approximate surface area is 157 Å². The van der Waals surface area contributed by atoms with Gasteiger partial charge in [0.1, 0.15) is 0 Å². The summed E-state index contributed by atoms with van der Waals surface area (Å²) in [4.78, 5) is 6.97. The lowest BCUT2D eigenvalue weighted by atomic mass is 10.0. The average molecular weight is 455 g/mol. The molecule has 5 nitrogen and oxygen atoms in total. The van der Waals surface area contributed by atoms with Gasteiger partial charge in [0.05, 0.1) is 18.1 Å². The van der Waals surface area contributed by atoms with Gasteiger partial charge < -0.3 is 10.2 Å². The van der Waals surface area contributed by atoms with E-state index in [4.69, 9.17) is 0 Å². The molecule has 0 aliphatic carbocycles. The van der Waals surface area contributed by atoms with E-state index in [-0.39, 0.29) is 29.9 Å². The van der Waals surface area contributed by atoms with E-state index in [0.717, 1.165) is 31.0 Å². The van der Waals surface area contributed by atoms with E-state index >= 15 is 0 Å². The van der Waals surface area contributed by atoms with Crippen molar-refractivity contribution in [3.63, 3.8) is 0 Å². The molecule has 7 heteroatoms. The molecule has 2 fully saturated rings. The van der Waals surface area contributed by atoms with Crippen LogP contribution in [0.1, 0.15) is 33.1 Å². The second-order valence-corrected chi connectivity index (χ2v) is 9.17. The zero-order valence-electron chi connectivity index (χ0n) is 14.3. The van der Waals surface area contributed by atoms with Gasteiger partial charge in [-0.25, -0.2) is 13.4 Å². The number of halogens is 1. The first-order valence-corrected chi connectivity index (χ1v) is 10.1. The fourth-order valence-corrected chi connectivity index (χ4v) is 4.99.